The van der Waals surface area contributed by atoms with Crippen molar-refractivity contribution in [2.45, 2.75) is 316 Å². The molecule has 0 aliphatic carbocycles. The highest BCUT2D eigenvalue weighted by molar-refractivity contribution is 7.47. The first-order valence-electron chi connectivity index (χ1n) is 38.4. The van der Waals surface area contributed by atoms with Crippen molar-refractivity contribution in [3.63, 3.8) is 0 Å². The van der Waals surface area contributed by atoms with Gasteiger partial charge >= 0.3 is 39.5 Å². The molecule has 0 radical (unpaired) electrons. The quantitative estimate of drug-likeness (QED) is 0.0169. The molecule has 0 saturated carbocycles. The fourth-order valence-corrected chi connectivity index (χ4v) is 11.3. The van der Waals surface area contributed by atoms with Crippen LogP contribution in [0.1, 0.15) is 297 Å². The molecule has 5 atom stereocenters. The maximum absolute atomic E-state index is 13.1. The number of unbranched alkanes of at least 4 members (excludes halogenated alkanes) is 23. The average Bonchev–Trinajstić information content (AvgIpc) is 1.00. The fraction of sp³-hybridized carbons (Fsp3) is 0.679. The van der Waals surface area contributed by atoms with Crippen LogP contribution in [0, 0.1) is 0 Å². The molecule has 17 nitrogen and oxygen atoms in total. The van der Waals surface area contributed by atoms with E-state index in [0.717, 1.165) is 186 Å². The lowest BCUT2D eigenvalue weighted by Crippen LogP contribution is -2.30. The van der Waals surface area contributed by atoms with E-state index in [0.29, 0.717) is 25.7 Å². The van der Waals surface area contributed by atoms with Gasteiger partial charge in [-0.3, -0.25) is 37.3 Å². The van der Waals surface area contributed by atoms with Crippen molar-refractivity contribution in [3.05, 3.63) is 134 Å². The van der Waals surface area contributed by atoms with Gasteiger partial charge in [-0.1, -0.05) is 251 Å². The summed E-state index contributed by atoms with van der Waals surface area (Å²) in [5, 5.41) is 10.6. The summed E-state index contributed by atoms with van der Waals surface area (Å²) in [5.74, 6) is -2.26. The maximum atomic E-state index is 13.1. The second-order valence-electron chi connectivity index (χ2n) is 25.2. The normalized spacial score (nSPS) is 14.7. The highest BCUT2D eigenvalue weighted by Gasteiger charge is 2.30. The van der Waals surface area contributed by atoms with Gasteiger partial charge < -0.3 is 33.8 Å². The van der Waals surface area contributed by atoms with Crippen molar-refractivity contribution in [2.75, 3.05) is 39.6 Å². The van der Waals surface area contributed by atoms with Gasteiger partial charge in [0.1, 0.15) is 19.3 Å². The monoisotopic (exact) mass is 1440 g/mol. The zero-order chi connectivity index (χ0) is 73.2. The second-order valence-corrected chi connectivity index (χ2v) is 28.1. The molecule has 0 heterocycles. The Kier molecular flexibility index (Phi) is 69.1. The Morgan fingerprint density at radius 1 is 0.290 bits per heavy atom. The SMILES string of the molecule is CC/C=C\C/C=C\C/C=C\C/C=C\CCCCCCC(=O)OCC(COP(=O)(O)OCC(O)COP(=O)(O)OCC(COC(=O)CCCCCCC/C=C\C/C=C\CCCCC)OC(=O)CCCCCCC/C=C\CCCC)OC(=O)CCCCCC/C=C\C/C=C\C/C=C\C/C=C\CC. The molecule has 19 heteroatoms. The van der Waals surface area contributed by atoms with Crippen molar-refractivity contribution in [1.29, 1.82) is 0 Å². The molecule has 0 saturated heterocycles. The number of aliphatic hydroxyl groups is 1. The van der Waals surface area contributed by atoms with E-state index < -0.39 is 97.5 Å². The Bertz CT molecular complexity index is 2420. The first kappa shape index (κ1) is 95.2. The third kappa shape index (κ3) is 71.6. The van der Waals surface area contributed by atoms with Gasteiger partial charge in [0.15, 0.2) is 12.2 Å². The third-order valence-corrected chi connectivity index (χ3v) is 17.5. The minimum Gasteiger partial charge on any atom is -0.462 e. The van der Waals surface area contributed by atoms with Crippen LogP contribution >= 0.6 is 15.6 Å². The summed E-state index contributed by atoms with van der Waals surface area (Å²) in [6, 6.07) is 0. The summed E-state index contributed by atoms with van der Waals surface area (Å²) >= 11 is 0. The molecule has 0 amide bonds. The van der Waals surface area contributed by atoms with E-state index in [2.05, 4.69) is 161 Å². The minimum absolute atomic E-state index is 0.0573. The molecule has 0 rings (SSSR count). The van der Waals surface area contributed by atoms with E-state index in [-0.39, 0.29) is 25.7 Å². The molecule has 0 bridgehead atoms. The number of hydrogen-bond donors (Lipinski definition) is 3. The number of phosphoric acid groups is 2. The Morgan fingerprint density at radius 2 is 0.530 bits per heavy atom. The van der Waals surface area contributed by atoms with Gasteiger partial charge in [0.25, 0.3) is 0 Å². The molecule has 0 aromatic heterocycles. The van der Waals surface area contributed by atoms with E-state index in [4.69, 9.17) is 37.0 Å². The van der Waals surface area contributed by atoms with Crippen molar-refractivity contribution < 1.29 is 80.2 Å². The van der Waals surface area contributed by atoms with Crippen molar-refractivity contribution in [3.8, 4) is 0 Å². The molecule has 0 aromatic rings. The number of rotatable bonds is 71. The highest BCUT2D eigenvalue weighted by Crippen LogP contribution is 2.45. The Labute approximate surface area is 605 Å². The first-order valence-corrected chi connectivity index (χ1v) is 41.4. The van der Waals surface area contributed by atoms with E-state index in [1.54, 1.807) is 0 Å². The molecular weight excluding hydrogens is 1310 g/mol. The van der Waals surface area contributed by atoms with Crippen molar-refractivity contribution in [1.82, 2.24) is 0 Å². The standard InChI is InChI=1S/C81H136O17P2/c1-5-9-13-17-21-25-29-32-35-37-40-43-47-50-54-58-62-66-79(84)92-72-77(98-81(86)68-64-60-56-52-48-44-41-38-36-33-30-26-22-18-14-10-6-2)74-96-100(89,90)94-70-75(82)69-93-99(87,88)95-73-76(97-80(85)67-63-59-55-51-45-28-24-20-16-12-8-4)71-91-78(83)65-61-57-53-49-46-42-39-34-31-27-23-19-15-11-7-3/h9-10,13-14,20-27,32-36,39-41,43-44,75-77,82H,5-8,11-12,15-19,28-31,37-38,42,45-74H2,1-4H3,(H,87,88)(H,89,90)/b13-9-,14-10-,24-20-,25-21-,26-22-,27-23-,35-32-,36-33-,39-34-,43-40-,44-41-. The average molecular weight is 1440 g/mol. The van der Waals surface area contributed by atoms with Crippen LogP contribution in [0.5, 0.6) is 0 Å². The topological polar surface area (TPSA) is 237 Å². The summed E-state index contributed by atoms with van der Waals surface area (Å²) in [7, 11) is -9.98. The van der Waals surface area contributed by atoms with Crippen LogP contribution < -0.4 is 0 Å². The number of ether oxygens (including phenoxy) is 4. The summed E-state index contributed by atoms with van der Waals surface area (Å²) in [6.07, 6.45) is 80.1. The summed E-state index contributed by atoms with van der Waals surface area (Å²) in [6.45, 7) is 4.49. The maximum Gasteiger partial charge on any atom is 0.472 e. The van der Waals surface area contributed by atoms with Crippen LogP contribution in [0.4, 0.5) is 0 Å². The van der Waals surface area contributed by atoms with Gasteiger partial charge in [-0.05, 0) is 154 Å². The molecule has 572 valence electrons. The molecule has 100 heavy (non-hydrogen) atoms. The van der Waals surface area contributed by atoms with Gasteiger partial charge in [0.2, 0.25) is 0 Å². The van der Waals surface area contributed by atoms with Gasteiger partial charge in [-0.2, -0.15) is 0 Å². The van der Waals surface area contributed by atoms with Gasteiger partial charge in [0, 0.05) is 25.7 Å². The molecule has 0 aromatic carbocycles. The summed E-state index contributed by atoms with van der Waals surface area (Å²) in [5.41, 5.74) is 0. The number of phosphoric ester groups is 2. The van der Waals surface area contributed by atoms with Crippen molar-refractivity contribution >= 4 is 39.5 Å². The van der Waals surface area contributed by atoms with E-state index in [9.17, 15) is 43.2 Å². The van der Waals surface area contributed by atoms with E-state index in [1.165, 1.54) is 32.1 Å². The third-order valence-electron chi connectivity index (χ3n) is 15.6. The zero-order valence-corrected chi connectivity index (χ0v) is 64.1. The number of carbonyl (C=O) groups is 4. The number of aliphatic hydroxyl groups excluding tert-OH is 1. The molecular formula is C81H136O17P2. The number of allylic oxidation sites excluding steroid dienone is 22. The predicted molar refractivity (Wildman–Crippen MR) is 408 cm³/mol. The number of carbonyl (C=O) groups excluding carboxylic acids is 4. The Balaban J connectivity index is 5.40. The lowest BCUT2D eigenvalue weighted by molar-refractivity contribution is -0.161. The lowest BCUT2D eigenvalue weighted by atomic mass is 10.1. The van der Waals surface area contributed by atoms with Crippen LogP contribution in [0.15, 0.2) is 134 Å². The molecule has 0 aliphatic heterocycles. The van der Waals surface area contributed by atoms with Crippen LogP contribution in [-0.4, -0.2) is 96.7 Å². The summed E-state index contributed by atoms with van der Waals surface area (Å²) < 4.78 is 68.4. The van der Waals surface area contributed by atoms with Crippen LogP contribution in [0.3, 0.4) is 0 Å². The van der Waals surface area contributed by atoms with E-state index in [1.807, 2.05) is 0 Å². The smallest absolute Gasteiger partial charge is 0.462 e. The summed E-state index contributed by atoms with van der Waals surface area (Å²) in [4.78, 5) is 72.9. The fourth-order valence-electron chi connectivity index (χ4n) is 9.74. The Morgan fingerprint density at radius 3 is 0.840 bits per heavy atom. The minimum atomic E-state index is -4.99. The Hall–Kier alpha value is -4.80. The van der Waals surface area contributed by atoms with Crippen LogP contribution in [-0.2, 0) is 65.4 Å². The highest BCUT2D eigenvalue weighted by atomic mass is 31.2. The zero-order valence-electron chi connectivity index (χ0n) is 62.3. The second kappa shape index (κ2) is 72.5. The predicted octanol–water partition coefficient (Wildman–Crippen LogP) is 22.1. The van der Waals surface area contributed by atoms with Crippen LogP contribution in [0.25, 0.3) is 0 Å². The molecule has 0 spiro atoms. The molecule has 3 N–H and O–H groups in total. The van der Waals surface area contributed by atoms with Crippen molar-refractivity contribution in [2.24, 2.45) is 0 Å². The van der Waals surface area contributed by atoms with Crippen LogP contribution in [0.2, 0.25) is 0 Å². The lowest BCUT2D eigenvalue weighted by Gasteiger charge is -2.21. The van der Waals surface area contributed by atoms with Gasteiger partial charge in [0.05, 0.1) is 26.4 Å². The largest absolute Gasteiger partial charge is 0.472 e. The molecule has 5 unspecified atom stereocenters. The van der Waals surface area contributed by atoms with Gasteiger partial charge in [-0.15, -0.1) is 0 Å². The molecule has 0 fully saturated rings. The number of hydrogen-bond acceptors (Lipinski definition) is 15. The molecule has 0 aliphatic rings. The first-order chi connectivity index (χ1) is 48.7. The van der Waals surface area contributed by atoms with E-state index >= 15 is 0 Å². The van der Waals surface area contributed by atoms with Gasteiger partial charge in [-0.25, -0.2) is 9.13 Å². The number of esters is 4.